The van der Waals surface area contributed by atoms with Crippen molar-refractivity contribution >= 4 is 51.9 Å². The molecule has 1 fully saturated rings. The van der Waals surface area contributed by atoms with Gasteiger partial charge in [-0.3, -0.25) is 14.5 Å². The molecule has 0 bridgehead atoms. The number of nitrogens with one attached hydrogen (secondary N) is 1. The van der Waals surface area contributed by atoms with Crippen LogP contribution in [0.25, 0.3) is 6.08 Å². The first-order chi connectivity index (χ1) is 14.5. The minimum Gasteiger partial charge on any atom is -0.497 e. The fourth-order valence-corrected chi connectivity index (χ4v) is 4.18. The minimum atomic E-state index is -0.136. The monoisotopic (exact) mass is 442 g/mol. The van der Waals surface area contributed by atoms with E-state index in [2.05, 4.69) is 5.32 Å². The van der Waals surface area contributed by atoms with Crippen molar-refractivity contribution in [3.8, 4) is 11.5 Å². The van der Waals surface area contributed by atoms with Crippen molar-refractivity contribution in [2.75, 3.05) is 26.1 Å². The van der Waals surface area contributed by atoms with Crippen LogP contribution < -0.4 is 14.8 Å². The molecular formula is C22H22N2O4S2. The Hall–Kier alpha value is -2.84. The third-order valence-electron chi connectivity index (χ3n) is 4.42. The van der Waals surface area contributed by atoms with E-state index in [1.165, 1.54) is 11.8 Å². The van der Waals surface area contributed by atoms with Crippen LogP contribution in [0.3, 0.4) is 0 Å². The van der Waals surface area contributed by atoms with E-state index in [-0.39, 0.29) is 18.2 Å². The van der Waals surface area contributed by atoms with Crippen molar-refractivity contribution < 1.29 is 19.1 Å². The summed E-state index contributed by atoms with van der Waals surface area (Å²) in [6.07, 6.45) is 2.61. The van der Waals surface area contributed by atoms with Crippen molar-refractivity contribution in [1.29, 1.82) is 0 Å². The molecular weight excluding hydrogens is 420 g/mol. The van der Waals surface area contributed by atoms with E-state index in [0.717, 1.165) is 17.1 Å². The number of anilines is 1. The Morgan fingerprint density at radius 1 is 1.13 bits per heavy atom. The maximum Gasteiger partial charge on any atom is 0.266 e. The molecule has 0 aliphatic carbocycles. The van der Waals surface area contributed by atoms with Crippen LogP contribution in [0.4, 0.5) is 5.69 Å². The van der Waals surface area contributed by atoms with Crippen LogP contribution in [-0.2, 0) is 9.59 Å². The van der Waals surface area contributed by atoms with Crippen LogP contribution in [0.1, 0.15) is 18.4 Å². The molecule has 2 aromatic carbocycles. The molecule has 1 heterocycles. The molecule has 8 heteroatoms. The maximum absolute atomic E-state index is 12.7. The Morgan fingerprint density at radius 2 is 1.87 bits per heavy atom. The molecule has 3 rings (SSSR count). The zero-order chi connectivity index (χ0) is 21.5. The van der Waals surface area contributed by atoms with Crippen molar-refractivity contribution in [2.24, 2.45) is 0 Å². The number of hydrogen-bond donors (Lipinski definition) is 1. The quantitative estimate of drug-likeness (QED) is 0.485. The number of nitrogens with zero attached hydrogens (tertiary/aromatic N) is 1. The molecule has 0 saturated carbocycles. The van der Waals surface area contributed by atoms with Crippen molar-refractivity contribution in [1.82, 2.24) is 4.90 Å². The molecule has 1 N–H and O–H groups in total. The molecule has 2 aromatic rings. The number of methoxy groups -OCH3 is 2. The number of carbonyl (C=O) groups is 2. The summed E-state index contributed by atoms with van der Waals surface area (Å²) in [6.45, 7) is 0.399. The van der Waals surface area contributed by atoms with Gasteiger partial charge in [0.05, 0.1) is 19.1 Å². The smallest absolute Gasteiger partial charge is 0.266 e. The Bertz CT molecular complexity index is 973. The van der Waals surface area contributed by atoms with Crippen LogP contribution in [0, 0.1) is 0 Å². The van der Waals surface area contributed by atoms with Crippen LogP contribution in [0.2, 0.25) is 0 Å². The summed E-state index contributed by atoms with van der Waals surface area (Å²) in [4.78, 5) is 27.0. The number of thioether (sulfide) groups is 1. The molecule has 156 valence electrons. The van der Waals surface area contributed by atoms with Gasteiger partial charge in [-0.1, -0.05) is 36.1 Å². The Morgan fingerprint density at radius 3 is 2.57 bits per heavy atom. The van der Waals surface area contributed by atoms with Gasteiger partial charge >= 0.3 is 0 Å². The van der Waals surface area contributed by atoms with Gasteiger partial charge in [0.25, 0.3) is 5.91 Å². The molecule has 1 saturated heterocycles. The van der Waals surface area contributed by atoms with E-state index in [4.69, 9.17) is 21.7 Å². The fourth-order valence-electron chi connectivity index (χ4n) is 2.87. The van der Waals surface area contributed by atoms with Crippen LogP contribution in [0.15, 0.2) is 53.4 Å². The van der Waals surface area contributed by atoms with Gasteiger partial charge in [0.2, 0.25) is 5.91 Å². The summed E-state index contributed by atoms with van der Waals surface area (Å²) in [7, 11) is 3.19. The number of amides is 2. The molecule has 0 radical (unpaired) electrons. The van der Waals surface area contributed by atoms with E-state index in [1.807, 2.05) is 24.3 Å². The second-order valence-electron chi connectivity index (χ2n) is 6.49. The second kappa shape index (κ2) is 10.3. The lowest BCUT2D eigenvalue weighted by Gasteiger charge is -2.14. The van der Waals surface area contributed by atoms with Crippen LogP contribution in [0.5, 0.6) is 11.5 Å². The van der Waals surface area contributed by atoms with Crippen molar-refractivity contribution in [2.45, 2.75) is 12.8 Å². The molecule has 1 aliphatic rings. The summed E-state index contributed by atoms with van der Waals surface area (Å²) in [5, 5.41) is 2.83. The van der Waals surface area contributed by atoms with Gasteiger partial charge in [-0.05, 0) is 54.5 Å². The highest BCUT2D eigenvalue weighted by molar-refractivity contribution is 8.26. The second-order valence-corrected chi connectivity index (χ2v) is 8.17. The lowest BCUT2D eigenvalue weighted by atomic mass is 10.2. The summed E-state index contributed by atoms with van der Waals surface area (Å²) >= 11 is 6.63. The van der Waals surface area contributed by atoms with Gasteiger partial charge in [0.1, 0.15) is 15.8 Å². The van der Waals surface area contributed by atoms with E-state index >= 15 is 0 Å². The standard InChI is InChI=1S/C22H22N2O4S2/c1-27-17-10-8-16(9-11-17)23-20(25)7-4-12-24-21(26)19(30-22(24)29)14-15-5-3-6-18(13-15)28-2/h3,5-6,8-11,13-14H,4,7,12H2,1-2H3,(H,23,25)/b19-14-. The average Bonchev–Trinajstić information content (AvgIpc) is 3.01. The largest absolute Gasteiger partial charge is 0.497 e. The zero-order valence-electron chi connectivity index (χ0n) is 16.7. The van der Waals surface area contributed by atoms with Gasteiger partial charge in [-0.25, -0.2) is 0 Å². The third-order valence-corrected chi connectivity index (χ3v) is 5.80. The first kappa shape index (κ1) is 21.9. The minimum absolute atomic E-state index is 0.113. The highest BCUT2D eigenvalue weighted by Gasteiger charge is 2.31. The number of carbonyl (C=O) groups excluding carboxylic acids is 2. The maximum atomic E-state index is 12.7. The summed E-state index contributed by atoms with van der Waals surface area (Å²) in [6, 6.07) is 14.6. The average molecular weight is 443 g/mol. The Kier molecular flexibility index (Phi) is 7.48. The fraction of sp³-hybridized carbons (Fsp3) is 0.227. The number of rotatable bonds is 8. The predicted octanol–water partition coefficient (Wildman–Crippen LogP) is 4.32. The van der Waals surface area contributed by atoms with Gasteiger partial charge in [-0.2, -0.15) is 0 Å². The van der Waals surface area contributed by atoms with Gasteiger partial charge in [0.15, 0.2) is 0 Å². The molecule has 0 spiro atoms. The van der Waals surface area contributed by atoms with Gasteiger partial charge in [0, 0.05) is 18.7 Å². The van der Waals surface area contributed by atoms with Gasteiger partial charge < -0.3 is 14.8 Å². The van der Waals surface area contributed by atoms with Crippen LogP contribution >= 0.6 is 24.0 Å². The van der Waals surface area contributed by atoms with Crippen LogP contribution in [-0.4, -0.2) is 41.8 Å². The summed E-state index contributed by atoms with van der Waals surface area (Å²) in [5.74, 6) is 1.20. The third kappa shape index (κ3) is 5.61. The summed E-state index contributed by atoms with van der Waals surface area (Å²) in [5.41, 5.74) is 1.57. The number of thiocarbonyl (C=S) groups is 1. The highest BCUT2D eigenvalue weighted by atomic mass is 32.2. The lowest BCUT2D eigenvalue weighted by Crippen LogP contribution is -2.29. The summed E-state index contributed by atoms with van der Waals surface area (Å²) < 4.78 is 10.8. The van der Waals surface area contributed by atoms with Crippen molar-refractivity contribution in [3.63, 3.8) is 0 Å². The number of ether oxygens (including phenoxy) is 2. The van der Waals surface area contributed by atoms with Crippen molar-refractivity contribution in [3.05, 3.63) is 59.0 Å². The molecule has 30 heavy (non-hydrogen) atoms. The molecule has 6 nitrogen and oxygen atoms in total. The van der Waals surface area contributed by atoms with Gasteiger partial charge in [-0.15, -0.1) is 0 Å². The zero-order valence-corrected chi connectivity index (χ0v) is 18.3. The molecule has 0 aromatic heterocycles. The molecule has 0 atom stereocenters. The Balaban J connectivity index is 1.52. The first-order valence-corrected chi connectivity index (χ1v) is 10.6. The topological polar surface area (TPSA) is 67.9 Å². The highest BCUT2D eigenvalue weighted by Crippen LogP contribution is 2.33. The van der Waals surface area contributed by atoms with E-state index < -0.39 is 0 Å². The SMILES string of the molecule is COc1ccc(NC(=O)CCCN2C(=O)/C(=C/c3cccc(OC)c3)SC2=S)cc1. The first-order valence-electron chi connectivity index (χ1n) is 9.33. The molecule has 2 amide bonds. The van der Waals surface area contributed by atoms with E-state index in [0.29, 0.717) is 27.9 Å². The normalized spacial score (nSPS) is 14.9. The number of hydrogen-bond acceptors (Lipinski definition) is 6. The molecule has 0 unspecified atom stereocenters. The lowest BCUT2D eigenvalue weighted by molar-refractivity contribution is -0.122. The molecule has 1 aliphatic heterocycles. The Labute approximate surface area is 185 Å². The number of benzene rings is 2. The van der Waals surface area contributed by atoms with E-state index in [1.54, 1.807) is 49.5 Å². The predicted molar refractivity (Wildman–Crippen MR) is 124 cm³/mol. The van der Waals surface area contributed by atoms with E-state index in [9.17, 15) is 9.59 Å².